The molecule has 0 bridgehead atoms. The first-order chi connectivity index (χ1) is 9.31. The number of halogens is 2. The molecule has 1 aliphatic heterocycles. The van der Waals surface area contributed by atoms with E-state index in [0.29, 0.717) is 6.42 Å². The van der Waals surface area contributed by atoms with Crippen LogP contribution in [0.1, 0.15) is 27.2 Å². The van der Waals surface area contributed by atoms with Crippen molar-refractivity contribution < 1.29 is 14.0 Å². The highest BCUT2D eigenvalue weighted by Gasteiger charge is 2.46. The lowest BCUT2D eigenvalue weighted by molar-refractivity contribution is -0.137. The first-order valence-electron chi connectivity index (χ1n) is 6.41. The van der Waals surface area contributed by atoms with Gasteiger partial charge in [-0.25, -0.2) is 4.39 Å². The van der Waals surface area contributed by atoms with Crippen molar-refractivity contribution in [3.8, 4) is 0 Å². The van der Waals surface area contributed by atoms with Crippen LogP contribution in [0, 0.1) is 5.82 Å². The molecule has 2 amide bonds. The van der Waals surface area contributed by atoms with E-state index in [2.05, 4.69) is 5.32 Å². The van der Waals surface area contributed by atoms with Crippen LogP contribution in [0.4, 0.5) is 10.1 Å². The third-order valence-corrected chi connectivity index (χ3v) is 4.05. The van der Waals surface area contributed by atoms with Crippen LogP contribution in [0.3, 0.4) is 0 Å². The lowest BCUT2D eigenvalue weighted by Crippen LogP contribution is -2.68. The summed E-state index contributed by atoms with van der Waals surface area (Å²) in [5, 5.41) is 2.61. The molecule has 4 nitrogen and oxygen atoms in total. The van der Waals surface area contributed by atoms with Crippen molar-refractivity contribution in [2.45, 2.75) is 38.8 Å². The summed E-state index contributed by atoms with van der Waals surface area (Å²) in [6, 6.07) is 3.62. The van der Waals surface area contributed by atoms with E-state index < -0.39 is 17.4 Å². The average Bonchev–Trinajstić information content (AvgIpc) is 2.41. The van der Waals surface area contributed by atoms with Gasteiger partial charge in [0.2, 0.25) is 5.91 Å². The van der Waals surface area contributed by atoms with E-state index in [1.165, 1.54) is 17.0 Å². The molecule has 1 aromatic carbocycles. The van der Waals surface area contributed by atoms with Gasteiger partial charge in [-0.3, -0.25) is 14.5 Å². The van der Waals surface area contributed by atoms with Gasteiger partial charge in [-0.05, 0) is 32.4 Å². The highest BCUT2D eigenvalue weighted by atomic mass is 35.5. The van der Waals surface area contributed by atoms with Gasteiger partial charge >= 0.3 is 0 Å². The Morgan fingerprint density at radius 1 is 1.45 bits per heavy atom. The molecule has 2 unspecified atom stereocenters. The fraction of sp³-hybridized carbons (Fsp3) is 0.429. The second-order valence-electron chi connectivity index (χ2n) is 5.10. The third kappa shape index (κ3) is 2.16. The number of anilines is 1. The van der Waals surface area contributed by atoms with Crippen LogP contribution < -0.4 is 10.2 Å². The van der Waals surface area contributed by atoms with Gasteiger partial charge in [0.25, 0.3) is 5.91 Å². The van der Waals surface area contributed by atoms with Gasteiger partial charge in [-0.2, -0.15) is 0 Å². The zero-order chi connectivity index (χ0) is 15.1. The molecule has 1 saturated heterocycles. The summed E-state index contributed by atoms with van der Waals surface area (Å²) in [6.07, 6.45) is 0.420. The van der Waals surface area contributed by atoms with E-state index in [9.17, 15) is 14.0 Å². The topological polar surface area (TPSA) is 49.4 Å². The van der Waals surface area contributed by atoms with Crippen molar-refractivity contribution in [1.29, 1.82) is 0 Å². The Balaban J connectivity index is 2.55. The third-order valence-electron chi connectivity index (χ3n) is 3.75. The number of amides is 2. The number of benzene rings is 1. The molecule has 0 saturated carbocycles. The second-order valence-corrected chi connectivity index (χ2v) is 5.51. The number of nitrogens with one attached hydrogen (secondary N) is 1. The monoisotopic (exact) mass is 298 g/mol. The Kier molecular flexibility index (Phi) is 3.73. The van der Waals surface area contributed by atoms with Crippen LogP contribution in [0.15, 0.2) is 18.2 Å². The van der Waals surface area contributed by atoms with Gasteiger partial charge in [0.05, 0.1) is 10.7 Å². The number of carbonyl (C=O) groups is 2. The SMILES string of the molecule is CCC1(C)NC(=O)C(C)N(c2cccc(Cl)c2F)C1=O. The van der Waals surface area contributed by atoms with Crippen LogP contribution in [-0.4, -0.2) is 23.4 Å². The van der Waals surface area contributed by atoms with E-state index in [1.807, 2.05) is 0 Å². The molecule has 6 heteroatoms. The zero-order valence-electron chi connectivity index (χ0n) is 11.5. The van der Waals surface area contributed by atoms with Crippen molar-refractivity contribution in [2.24, 2.45) is 0 Å². The van der Waals surface area contributed by atoms with Crippen molar-refractivity contribution in [2.75, 3.05) is 4.90 Å². The number of hydrogen-bond donors (Lipinski definition) is 1. The minimum atomic E-state index is -1.03. The molecule has 0 radical (unpaired) electrons. The highest BCUT2D eigenvalue weighted by molar-refractivity contribution is 6.31. The maximum atomic E-state index is 14.2. The first kappa shape index (κ1) is 14.8. The van der Waals surface area contributed by atoms with Crippen LogP contribution in [0.5, 0.6) is 0 Å². The van der Waals surface area contributed by atoms with E-state index in [4.69, 9.17) is 11.6 Å². The fourth-order valence-electron chi connectivity index (χ4n) is 2.22. The molecule has 108 valence electrons. The van der Waals surface area contributed by atoms with Crippen molar-refractivity contribution in [1.82, 2.24) is 5.32 Å². The van der Waals surface area contributed by atoms with Crippen molar-refractivity contribution >= 4 is 29.1 Å². The quantitative estimate of drug-likeness (QED) is 0.912. The summed E-state index contributed by atoms with van der Waals surface area (Å²) < 4.78 is 14.2. The molecular formula is C14H16ClFN2O2. The predicted molar refractivity (Wildman–Crippen MR) is 75.2 cm³/mol. The van der Waals surface area contributed by atoms with Crippen molar-refractivity contribution in [3.63, 3.8) is 0 Å². The van der Waals surface area contributed by atoms with Gasteiger partial charge in [-0.15, -0.1) is 0 Å². The van der Waals surface area contributed by atoms with Gasteiger partial charge in [0.15, 0.2) is 5.82 Å². The van der Waals surface area contributed by atoms with Gasteiger partial charge in [0, 0.05) is 0 Å². The predicted octanol–water partition coefficient (Wildman–Crippen LogP) is 2.50. The normalized spacial score (nSPS) is 26.6. The Hall–Kier alpha value is -1.62. The molecule has 1 N–H and O–H groups in total. The fourth-order valence-corrected chi connectivity index (χ4v) is 2.39. The van der Waals surface area contributed by atoms with Crippen LogP contribution in [0.2, 0.25) is 5.02 Å². The summed E-state index contributed by atoms with van der Waals surface area (Å²) in [7, 11) is 0. The molecule has 1 aliphatic rings. The molecule has 2 rings (SSSR count). The van der Waals surface area contributed by atoms with Crippen LogP contribution >= 0.6 is 11.6 Å². The number of carbonyl (C=O) groups excluding carboxylic acids is 2. The Labute approximate surface area is 121 Å². The molecular weight excluding hydrogens is 283 g/mol. The molecule has 1 fully saturated rings. The smallest absolute Gasteiger partial charge is 0.253 e. The molecule has 0 spiro atoms. The van der Waals surface area contributed by atoms with Gasteiger partial charge in [0.1, 0.15) is 11.6 Å². The summed E-state index contributed by atoms with van der Waals surface area (Å²) in [4.78, 5) is 25.8. The lowest BCUT2D eigenvalue weighted by atomic mass is 9.91. The highest BCUT2D eigenvalue weighted by Crippen LogP contribution is 2.31. The molecule has 1 aromatic rings. The number of hydrogen-bond acceptors (Lipinski definition) is 2. The second kappa shape index (κ2) is 5.05. The van der Waals surface area contributed by atoms with Gasteiger partial charge < -0.3 is 5.32 Å². The molecule has 0 aliphatic carbocycles. The van der Waals surface area contributed by atoms with Gasteiger partial charge in [-0.1, -0.05) is 24.6 Å². The first-order valence-corrected chi connectivity index (χ1v) is 6.79. The van der Waals surface area contributed by atoms with Crippen LogP contribution in [0.25, 0.3) is 0 Å². The molecule has 1 heterocycles. The maximum absolute atomic E-state index is 14.2. The Bertz CT molecular complexity index is 578. The zero-order valence-corrected chi connectivity index (χ0v) is 12.3. The number of piperazine rings is 1. The summed E-state index contributed by atoms with van der Waals surface area (Å²) in [6.45, 7) is 4.98. The van der Waals surface area contributed by atoms with E-state index in [-0.39, 0.29) is 22.5 Å². The standard InChI is InChI=1S/C14H16ClFN2O2/c1-4-14(3)13(20)18(8(2)12(19)17-14)10-7-5-6-9(15)11(10)16/h5-8H,4H2,1-3H3,(H,17,19). The number of rotatable bonds is 2. The summed E-state index contributed by atoms with van der Waals surface area (Å²) >= 11 is 5.76. The maximum Gasteiger partial charge on any atom is 0.253 e. The van der Waals surface area contributed by atoms with E-state index in [1.54, 1.807) is 26.8 Å². The Morgan fingerprint density at radius 2 is 2.10 bits per heavy atom. The number of nitrogens with zero attached hydrogens (tertiary/aromatic N) is 1. The minimum absolute atomic E-state index is 0.0320. The molecule has 0 aromatic heterocycles. The van der Waals surface area contributed by atoms with E-state index in [0.717, 1.165) is 0 Å². The van der Waals surface area contributed by atoms with E-state index >= 15 is 0 Å². The largest absolute Gasteiger partial charge is 0.340 e. The summed E-state index contributed by atoms with van der Waals surface area (Å²) in [5.74, 6) is -1.34. The lowest BCUT2D eigenvalue weighted by Gasteiger charge is -2.43. The average molecular weight is 299 g/mol. The van der Waals surface area contributed by atoms with Crippen molar-refractivity contribution in [3.05, 3.63) is 29.0 Å². The minimum Gasteiger partial charge on any atom is -0.340 e. The summed E-state index contributed by atoms with van der Waals surface area (Å²) in [5.41, 5.74) is -0.997. The molecule has 2 atom stereocenters. The van der Waals surface area contributed by atoms with Crippen LogP contribution in [-0.2, 0) is 9.59 Å². The molecule has 20 heavy (non-hydrogen) atoms. The Morgan fingerprint density at radius 3 is 2.70 bits per heavy atom.